The monoisotopic (exact) mass is 267 g/mol. The third-order valence-corrected chi connectivity index (χ3v) is 3.97. The molecule has 0 aromatic heterocycles. The molecule has 1 unspecified atom stereocenters. The zero-order chi connectivity index (χ0) is 14.4. The Morgan fingerprint density at radius 2 is 1.45 bits per heavy atom. The van der Waals surface area contributed by atoms with Gasteiger partial charge in [-0.2, -0.15) is 0 Å². The first-order valence-electron chi connectivity index (χ1n) is 7.49. The largest absolute Gasteiger partial charge is 0.319 e. The van der Waals surface area contributed by atoms with Gasteiger partial charge in [-0.25, -0.2) is 0 Å². The van der Waals surface area contributed by atoms with E-state index in [9.17, 15) is 0 Å². The van der Waals surface area contributed by atoms with Crippen LogP contribution in [-0.2, 0) is 6.42 Å². The predicted molar refractivity (Wildman–Crippen MR) is 87.8 cm³/mol. The smallest absolute Gasteiger partial charge is 0.00179 e. The van der Waals surface area contributed by atoms with Crippen molar-refractivity contribution in [2.75, 3.05) is 13.6 Å². The van der Waals surface area contributed by atoms with Crippen LogP contribution in [0.15, 0.2) is 54.6 Å². The molecule has 2 rings (SSSR count). The van der Waals surface area contributed by atoms with E-state index in [1.807, 2.05) is 7.05 Å². The van der Waals surface area contributed by atoms with Crippen molar-refractivity contribution in [1.29, 1.82) is 0 Å². The summed E-state index contributed by atoms with van der Waals surface area (Å²) in [6.45, 7) is 5.69. The molecule has 1 heteroatoms. The molecule has 2 aromatic carbocycles. The highest BCUT2D eigenvalue weighted by atomic mass is 14.8. The summed E-state index contributed by atoms with van der Waals surface area (Å²) in [6, 6.07) is 19.6. The Balaban J connectivity index is 2.08. The first kappa shape index (κ1) is 14.8. The average molecular weight is 267 g/mol. The summed E-state index contributed by atoms with van der Waals surface area (Å²) in [5.74, 6) is 1.40. The van der Waals surface area contributed by atoms with Gasteiger partial charge in [-0.05, 0) is 48.5 Å². The summed E-state index contributed by atoms with van der Waals surface area (Å²) in [6.07, 6.45) is 1.15. The van der Waals surface area contributed by atoms with E-state index in [0.29, 0.717) is 11.8 Å². The van der Waals surface area contributed by atoms with Crippen LogP contribution in [0.3, 0.4) is 0 Å². The first-order chi connectivity index (χ1) is 9.70. The van der Waals surface area contributed by atoms with Crippen molar-refractivity contribution in [2.24, 2.45) is 11.8 Å². The van der Waals surface area contributed by atoms with Gasteiger partial charge in [0.2, 0.25) is 0 Å². The lowest BCUT2D eigenvalue weighted by molar-refractivity contribution is 0.370. The third-order valence-electron chi connectivity index (χ3n) is 3.97. The highest BCUT2D eigenvalue weighted by Crippen LogP contribution is 2.22. The molecule has 0 saturated heterocycles. The molecule has 0 aliphatic heterocycles. The van der Waals surface area contributed by atoms with Crippen molar-refractivity contribution in [3.63, 3.8) is 0 Å². The summed E-state index contributed by atoms with van der Waals surface area (Å²) in [7, 11) is 2.04. The number of benzene rings is 2. The maximum Gasteiger partial charge on any atom is -0.00179 e. The predicted octanol–water partition coefficient (Wildman–Crippen LogP) is 4.39. The topological polar surface area (TPSA) is 12.0 Å². The number of hydrogen-bond donors (Lipinski definition) is 1. The molecular weight excluding hydrogens is 242 g/mol. The molecule has 0 fully saturated rings. The summed E-state index contributed by atoms with van der Waals surface area (Å²) in [5.41, 5.74) is 4.01. The quantitative estimate of drug-likeness (QED) is 0.818. The van der Waals surface area contributed by atoms with Crippen LogP contribution in [-0.4, -0.2) is 13.6 Å². The second-order valence-electron chi connectivity index (χ2n) is 5.83. The zero-order valence-corrected chi connectivity index (χ0v) is 12.8. The molecule has 0 spiro atoms. The van der Waals surface area contributed by atoms with Crippen LogP contribution in [0.1, 0.15) is 19.4 Å². The second kappa shape index (κ2) is 7.25. The Kier molecular flexibility index (Phi) is 5.37. The van der Waals surface area contributed by atoms with Crippen LogP contribution in [0.5, 0.6) is 0 Å². The van der Waals surface area contributed by atoms with Crippen molar-refractivity contribution in [2.45, 2.75) is 20.3 Å². The van der Waals surface area contributed by atoms with Crippen LogP contribution in [0.4, 0.5) is 0 Å². The van der Waals surface area contributed by atoms with Crippen LogP contribution >= 0.6 is 0 Å². The second-order valence-corrected chi connectivity index (χ2v) is 5.83. The van der Waals surface area contributed by atoms with E-state index in [0.717, 1.165) is 13.0 Å². The molecule has 0 radical (unpaired) electrons. The standard InChI is InChI=1S/C19H25N/c1-15(2)19(14-20-3)13-16-9-11-18(12-10-16)17-7-5-4-6-8-17/h4-12,15,19-20H,13-14H2,1-3H3. The minimum absolute atomic E-state index is 0.697. The highest BCUT2D eigenvalue weighted by molar-refractivity contribution is 5.63. The van der Waals surface area contributed by atoms with Gasteiger partial charge >= 0.3 is 0 Å². The van der Waals surface area contributed by atoms with Crippen molar-refractivity contribution in [1.82, 2.24) is 5.32 Å². The number of rotatable bonds is 6. The fraction of sp³-hybridized carbons (Fsp3) is 0.368. The van der Waals surface area contributed by atoms with E-state index < -0.39 is 0 Å². The summed E-state index contributed by atoms with van der Waals surface area (Å²) < 4.78 is 0. The van der Waals surface area contributed by atoms with Crippen LogP contribution in [0, 0.1) is 11.8 Å². The van der Waals surface area contributed by atoms with E-state index in [4.69, 9.17) is 0 Å². The van der Waals surface area contributed by atoms with E-state index in [1.165, 1.54) is 16.7 Å². The van der Waals surface area contributed by atoms with Gasteiger partial charge in [-0.15, -0.1) is 0 Å². The molecule has 0 heterocycles. The van der Waals surface area contributed by atoms with Gasteiger partial charge in [0.05, 0.1) is 0 Å². The lowest BCUT2D eigenvalue weighted by atomic mass is 9.88. The molecule has 1 N–H and O–H groups in total. The SMILES string of the molecule is CNCC(Cc1ccc(-c2ccccc2)cc1)C(C)C. The fourth-order valence-corrected chi connectivity index (χ4v) is 2.57. The lowest BCUT2D eigenvalue weighted by Crippen LogP contribution is -2.25. The molecule has 0 saturated carbocycles. The molecular formula is C19H25N. The Morgan fingerprint density at radius 1 is 0.850 bits per heavy atom. The maximum absolute atomic E-state index is 3.31. The molecule has 1 nitrogen and oxygen atoms in total. The molecule has 106 valence electrons. The van der Waals surface area contributed by atoms with E-state index in [-0.39, 0.29) is 0 Å². The Morgan fingerprint density at radius 3 is 2.00 bits per heavy atom. The van der Waals surface area contributed by atoms with Gasteiger partial charge in [0.1, 0.15) is 0 Å². The van der Waals surface area contributed by atoms with Gasteiger partial charge in [-0.3, -0.25) is 0 Å². The minimum Gasteiger partial charge on any atom is -0.319 e. The number of hydrogen-bond acceptors (Lipinski definition) is 1. The summed E-state index contributed by atoms with van der Waals surface area (Å²) in [4.78, 5) is 0. The Hall–Kier alpha value is -1.60. The Bertz CT molecular complexity index is 499. The summed E-state index contributed by atoms with van der Waals surface area (Å²) in [5, 5.41) is 3.31. The normalized spacial score (nSPS) is 12.6. The minimum atomic E-state index is 0.697. The Labute approximate surface area is 123 Å². The summed E-state index contributed by atoms with van der Waals surface area (Å²) >= 11 is 0. The van der Waals surface area contributed by atoms with Crippen molar-refractivity contribution < 1.29 is 0 Å². The average Bonchev–Trinajstić information content (AvgIpc) is 2.48. The lowest BCUT2D eigenvalue weighted by Gasteiger charge is -2.20. The number of nitrogens with one attached hydrogen (secondary N) is 1. The molecule has 1 atom stereocenters. The van der Waals surface area contributed by atoms with Gasteiger partial charge in [0.25, 0.3) is 0 Å². The molecule has 0 aliphatic rings. The third kappa shape index (κ3) is 3.94. The van der Waals surface area contributed by atoms with Crippen LogP contribution in [0.2, 0.25) is 0 Å². The van der Waals surface area contributed by atoms with Crippen molar-refractivity contribution in [3.8, 4) is 11.1 Å². The van der Waals surface area contributed by atoms with E-state index >= 15 is 0 Å². The fourth-order valence-electron chi connectivity index (χ4n) is 2.57. The first-order valence-corrected chi connectivity index (χ1v) is 7.49. The van der Waals surface area contributed by atoms with Crippen molar-refractivity contribution in [3.05, 3.63) is 60.2 Å². The van der Waals surface area contributed by atoms with Crippen LogP contribution < -0.4 is 5.32 Å². The highest BCUT2D eigenvalue weighted by Gasteiger charge is 2.13. The molecule has 0 bridgehead atoms. The molecule has 0 aliphatic carbocycles. The van der Waals surface area contributed by atoms with Gasteiger partial charge in [0.15, 0.2) is 0 Å². The van der Waals surface area contributed by atoms with E-state index in [1.54, 1.807) is 0 Å². The molecule has 2 aromatic rings. The van der Waals surface area contributed by atoms with Gasteiger partial charge in [-0.1, -0.05) is 68.4 Å². The van der Waals surface area contributed by atoms with Gasteiger partial charge in [0, 0.05) is 0 Å². The molecule has 20 heavy (non-hydrogen) atoms. The maximum atomic E-state index is 3.31. The van der Waals surface area contributed by atoms with Crippen molar-refractivity contribution >= 4 is 0 Å². The van der Waals surface area contributed by atoms with Gasteiger partial charge < -0.3 is 5.32 Å². The van der Waals surface area contributed by atoms with E-state index in [2.05, 4.69) is 73.8 Å². The molecule has 0 amide bonds. The zero-order valence-electron chi connectivity index (χ0n) is 12.8. The van der Waals surface area contributed by atoms with Crippen LogP contribution in [0.25, 0.3) is 11.1 Å².